The van der Waals surface area contributed by atoms with Gasteiger partial charge in [0.25, 0.3) is 0 Å². The van der Waals surface area contributed by atoms with Crippen molar-refractivity contribution in [2.45, 2.75) is 20.5 Å². The SMILES string of the molecule is CCOc1ccc(-n2cc(CO)nn2)cc1OCC. The first-order valence-corrected chi connectivity index (χ1v) is 6.20. The maximum Gasteiger partial charge on any atom is 0.163 e. The van der Waals surface area contributed by atoms with Gasteiger partial charge in [-0.1, -0.05) is 5.21 Å². The van der Waals surface area contributed by atoms with Crippen molar-refractivity contribution >= 4 is 0 Å². The summed E-state index contributed by atoms with van der Waals surface area (Å²) in [5.74, 6) is 1.37. The first kappa shape index (κ1) is 13.4. The Kier molecular flexibility index (Phi) is 4.35. The molecule has 0 bridgehead atoms. The maximum atomic E-state index is 8.99. The van der Waals surface area contributed by atoms with E-state index in [9.17, 15) is 0 Å². The zero-order valence-corrected chi connectivity index (χ0v) is 11.0. The molecule has 0 radical (unpaired) electrons. The van der Waals surface area contributed by atoms with Crippen molar-refractivity contribution < 1.29 is 14.6 Å². The molecule has 1 aromatic carbocycles. The molecule has 0 atom stereocenters. The summed E-state index contributed by atoms with van der Waals surface area (Å²) in [7, 11) is 0. The highest BCUT2D eigenvalue weighted by molar-refractivity contribution is 5.48. The van der Waals surface area contributed by atoms with Crippen molar-refractivity contribution in [3.63, 3.8) is 0 Å². The number of rotatable bonds is 6. The summed E-state index contributed by atoms with van der Waals surface area (Å²) in [6, 6.07) is 5.54. The predicted octanol–water partition coefficient (Wildman–Crippen LogP) is 1.56. The summed E-state index contributed by atoms with van der Waals surface area (Å²) < 4.78 is 12.6. The second kappa shape index (κ2) is 6.19. The van der Waals surface area contributed by atoms with Gasteiger partial charge >= 0.3 is 0 Å². The third kappa shape index (κ3) is 3.03. The number of aliphatic hydroxyl groups is 1. The third-order valence-electron chi connectivity index (χ3n) is 2.49. The van der Waals surface area contributed by atoms with Crippen molar-refractivity contribution in [1.29, 1.82) is 0 Å². The van der Waals surface area contributed by atoms with Crippen LogP contribution in [0.25, 0.3) is 5.69 Å². The molecule has 0 saturated heterocycles. The topological polar surface area (TPSA) is 69.4 Å². The minimum absolute atomic E-state index is 0.130. The third-order valence-corrected chi connectivity index (χ3v) is 2.49. The number of hydrogen-bond donors (Lipinski definition) is 1. The molecular formula is C13H17N3O3. The lowest BCUT2D eigenvalue weighted by atomic mass is 10.2. The second-order valence-electron chi connectivity index (χ2n) is 3.81. The molecule has 0 unspecified atom stereocenters. The van der Waals surface area contributed by atoms with Gasteiger partial charge in [-0.15, -0.1) is 5.10 Å². The van der Waals surface area contributed by atoms with E-state index in [4.69, 9.17) is 14.6 Å². The van der Waals surface area contributed by atoms with Crippen LogP contribution in [0.5, 0.6) is 11.5 Å². The Balaban J connectivity index is 2.33. The molecule has 0 fully saturated rings. The van der Waals surface area contributed by atoms with Gasteiger partial charge in [-0.3, -0.25) is 0 Å². The van der Waals surface area contributed by atoms with Crippen LogP contribution in [-0.2, 0) is 6.61 Å². The summed E-state index contributed by atoms with van der Waals surface area (Å²) in [5, 5.41) is 16.8. The van der Waals surface area contributed by atoms with Crippen LogP contribution in [-0.4, -0.2) is 33.3 Å². The van der Waals surface area contributed by atoms with Gasteiger partial charge in [0.15, 0.2) is 11.5 Å². The molecule has 6 nitrogen and oxygen atoms in total. The van der Waals surface area contributed by atoms with Crippen LogP contribution < -0.4 is 9.47 Å². The number of nitrogens with zero attached hydrogens (tertiary/aromatic N) is 3. The molecule has 1 aromatic heterocycles. The minimum atomic E-state index is -0.130. The standard InChI is InChI=1S/C13H17N3O3/c1-3-18-12-6-5-11(7-13(12)19-4-2)16-8-10(9-17)14-15-16/h5-8,17H,3-4,9H2,1-2H3. The zero-order valence-electron chi connectivity index (χ0n) is 11.0. The average Bonchev–Trinajstić information content (AvgIpc) is 2.90. The summed E-state index contributed by atoms with van der Waals surface area (Å²) in [6.45, 7) is 4.85. The molecule has 19 heavy (non-hydrogen) atoms. The Morgan fingerprint density at radius 1 is 1.16 bits per heavy atom. The van der Waals surface area contributed by atoms with E-state index in [1.165, 1.54) is 0 Å². The Morgan fingerprint density at radius 3 is 2.53 bits per heavy atom. The molecule has 0 amide bonds. The lowest BCUT2D eigenvalue weighted by Crippen LogP contribution is -2.01. The quantitative estimate of drug-likeness (QED) is 0.856. The Morgan fingerprint density at radius 2 is 1.89 bits per heavy atom. The van der Waals surface area contributed by atoms with Crippen molar-refractivity contribution in [2.24, 2.45) is 0 Å². The van der Waals surface area contributed by atoms with Crippen LogP contribution >= 0.6 is 0 Å². The molecule has 0 aliphatic carbocycles. The highest BCUT2D eigenvalue weighted by atomic mass is 16.5. The minimum Gasteiger partial charge on any atom is -0.490 e. The molecule has 6 heteroatoms. The summed E-state index contributed by atoms with van der Waals surface area (Å²) >= 11 is 0. The van der Waals surface area contributed by atoms with E-state index in [0.717, 1.165) is 5.69 Å². The number of aromatic nitrogens is 3. The first-order chi connectivity index (χ1) is 9.28. The first-order valence-electron chi connectivity index (χ1n) is 6.20. The van der Waals surface area contributed by atoms with Gasteiger partial charge in [-0.25, -0.2) is 4.68 Å². The lowest BCUT2D eigenvalue weighted by molar-refractivity contribution is 0.276. The van der Waals surface area contributed by atoms with Gasteiger partial charge < -0.3 is 14.6 Å². The van der Waals surface area contributed by atoms with Gasteiger partial charge in [-0.05, 0) is 26.0 Å². The summed E-state index contributed by atoms with van der Waals surface area (Å²) in [6.07, 6.45) is 1.67. The van der Waals surface area contributed by atoms with E-state index < -0.39 is 0 Å². The van der Waals surface area contributed by atoms with E-state index in [0.29, 0.717) is 30.4 Å². The van der Waals surface area contributed by atoms with Crippen LogP contribution in [0.4, 0.5) is 0 Å². The molecule has 0 spiro atoms. The fraction of sp³-hybridized carbons (Fsp3) is 0.385. The summed E-state index contributed by atoms with van der Waals surface area (Å²) in [5.41, 5.74) is 1.32. The van der Waals surface area contributed by atoms with E-state index in [-0.39, 0.29) is 6.61 Å². The fourth-order valence-corrected chi connectivity index (χ4v) is 1.68. The number of ether oxygens (including phenoxy) is 2. The van der Waals surface area contributed by atoms with Gasteiger partial charge in [0.2, 0.25) is 0 Å². The molecule has 2 aromatic rings. The van der Waals surface area contributed by atoms with Crippen LogP contribution in [0, 0.1) is 0 Å². The smallest absolute Gasteiger partial charge is 0.163 e. The predicted molar refractivity (Wildman–Crippen MR) is 69.6 cm³/mol. The fourth-order valence-electron chi connectivity index (χ4n) is 1.68. The van der Waals surface area contributed by atoms with E-state index in [2.05, 4.69) is 10.3 Å². The van der Waals surface area contributed by atoms with Crippen LogP contribution in [0.15, 0.2) is 24.4 Å². The maximum absolute atomic E-state index is 8.99. The molecule has 0 saturated carbocycles. The highest BCUT2D eigenvalue weighted by Gasteiger charge is 2.08. The monoisotopic (exact) mass is 263 g/mol. The van der Waals surface area contributed by atoms with Gasteiger partial charge in [-0.2, -0.15) is 0 Å². The number of hydrogen-bond acceptors (Lipinski definition) is 5. The van der Waals surface area contributed by atoms with E-state index >= 15 is 0 Å². The number of aliphatic hydroxyl groups excluding tert-OH is 1. The second-order valence-corrected chi connectivity index (χ2v) is 3.81. The van der Waals surface area contributed by atoms with Crippen molar-refractivity contribution in [3.8, 4) is 17.2 Å². The molecule has 2 rings (SSSR count). The van der Waals surface area contributed by atoms with E-state index in [1.54, 1.807) is 10.9 Å². The van der Waals surface area contributed by atoms with Crippen LogP contribution in [0.1, 0.15) is 19.5 Å². The van der Waals surface area contributed by atoms with Gasteiger partial charge in [0, 0.05) is 6.07 Å². The lowest BCUT2D eigenvalue weighted by Gasteiger charge is -2.12. The van der Waals surface area contributed by atoms with Gasteiger partial charge in [0.05, 0.1) is 31.7 Å². The average molecular weight is 263 g/mol. The summed E-state index contributed by atoms with van der Waals surface area (Å²) in [4.78, 5) is 0. The molecule has 1 heterocycles. The van der Waals surface area contributed by atoms with Crippen LogP contribution in [0.3, 0.4) is 0 Å². The normalized spacial score (nSPS) is 10.5. The van der Waals surface area contributed by atoms with E-state index in [1.807, 2.05) is 32.0 Å². The van der Waals surface area contributed by atoms with Crippen molar-refractivity contribution in [1.82, 2.24) is 15.0 Å². The molecule has 0 aliphatic heterocycles. The Bertz CT molecular complexity index is 540. The number of benzene rings is 1. The van der Waals surface area contributed by atoms with Crippen LogP contribution in [0.2, 0.25) is 0 Å². The molecule has 1 N–H and O–H groups in total. The largest absolute Gasteiger partial charge is 0.490 e. The van der Waals surface area contributed by atoms with Gasteiger partial charge in [0.1, 0.15) is 5.69 Å². The Labute approximate surface area is 111 Å². The molecule has 102 valence electrons. The highest BCUT2D eigenvalue weighted by Crippen LogP contribution is 2.29. The Hall–Kier alpha value is -2.08. The van der Waals surface area contributed by atoms with Crippen molar-refractivity contribution in [2.75, 3.05) is 13.2 Å². The van der Waals surface area contributed by atoms with Crippen molar-refractivity contribution in [3.05, 3.63) is 30.1 Å². The molecule has 0 aliphatic rings. The molecular weight excluding hydrogens is 246 g/mol. The zero-order chi connectivity index (χ0) is 13.7.